The molecule has 0 fully saturated rings. The van der Waals surface area contributed by atoms with Gasteiger partial charge in [-0.3, -0.25) is 25.8 Å². The molecule has 0 saturated carbocycles. The fraction of sp³-hybridized carbons (Fsp3) is 0.348. The quantitative estimate of drug-likeness (QED) is 0.426. The molecule has 0 radical (unpaired) electrons. The summed E-state index contributed by atoms with van der Waals surface area (Å²) < 4.78 is 11.3. The lowest BCUT2D eigenvalue weighted by atomic mass is 9.98. The summed E-state index contributed by atoms with van der Waals surface area (Å²) in [6.07, 6.45) is 0.886. The molecule has 31 heavy (non-hydrogen) atoms. The Morgan fingerprint density at radius 3 is 2.29 bits per heavy atom. The summed E-state index contributed by atoms with van der Waals surface area (Å²) >= 11 is 5.09. The molecule has 8 heteroatoms. The molecule has 3 N–H and O–H groups in total. The summed E-state index contributed by atoms with van der Waals surface area (Å²) in [5.74, 6) is 0.573. The zero-order chi connectivity index (χ0) is 22.8. The Hall–Kier alpha value is -3.13. The summed E-state index contributed by atoms with van der Waals surface area (Å²) in [5, 5.41) is 2.47. The maximum absolute atomic E-state index is 12.5. The average molecular weight is 444 g/mol. The van der Waals surface area contributed by atoms with Crippen molar-refractivity contribution in [3.8, 4) is 11.5 Å². The lowest BCUT2D eigenvalue weighted by molar-refractivity contribution is -0.123. The minimum absolute atomic E-state index is 0.0438. The van der Waals surface area contributed by atoms with Crippen molar-refractivity contribution in [1.82, 2.24) is 16.2 Å². The van der Waals surface area contributed by atoms with Crippen LogP contribution in [0.3, 0.4) is 0 Å². The topological polar surface area (TPSA) is 88.7 Å². The molecule has 2 aromatic carbocycles. The van der Waals surface area contributed by atoms with Crippen LogP contribution < -0.4 is 25.6 Å². The number of hydrogen-bond acceptors (Lipinski definition) is 5. The van der Waals surface area contributed by atoms with Gasteiger partial charge in [0.15, 0.2) is 11.7 Å². The second kappa shape index (κ2) is 11.9. The van der Waals surface area contributed by atoms with Gasteiger partial charge in [0.05, 0.1) is 11.7 Å². The minimum atomic E-state index is -0.443. The molecule has 166 valence electrons. The zero-order valence-electron chi connectivity index (χ0n) is 18.2. The van der Waals surface area contributed by atoms with Gasteiger partial charge in [-0.15, -0.1) is 0 Å². The fourth-order valence-electron chi connectivity index (χ4n) is 2.76. The molecule has 1 unspecified atom stereocenters. The molecule has 0 spiro atoms. The summed E-state index contributed by atoms with van der Waals surface area (Å²) in [7, 11) is 0. The van der Waals surface area contributed by atoms with Crippen molar-refractivity contribution in [2.24, 2.45) is 0 Å². The van der Waals surface area contributed by atoms with Crippen LogP contribution in [0.4, 0.5) is 0 Å². The third kappa shape index (κ3) is 7.57. The lowest BCUT2D eigenvalue weighted by Crippen LogP contribution is -2.49. The van der Waals surface area contributed by atoms with Crippen LogP contribution >= 0.6 is 12.2 Å². The van der Waals surface area contributed by atoms with E-state index in [9.17, 15) is 9.59 Å². The highest BCUT2D eigenvalue weighted by Crippen LogP contribution is 2.28. The number of para-hydroxylation sites is 2. The second-order valence-electron chi connectivity index (χ2n) is 7.25. The number of benzene rings is 2. The fourth-order valence-corrected chi connectivity index (χ4v) is 2.90. The molecule has 2 amide bonds. The Morgan fingerprint density at radius 2 is 1.61 bits per heavy atom. The molecular formula is C23H29N3O4S. The minimum Gasteiger partial charge on any atom is -0.490 e. The molecule has 0 saturated heterocycles. The Bertz CT molecular complexity index is 917. The predicted octanol–water partition coefficient (Wildman–Crippen LogP) is 3.70. The van der Waals surface area contributed by atoms with Crippen LogP contribution in [0.15, 0.2) is 48.5 Å². The highest BCUT2D eigenvalue weighted by Gasteiger charge is 2.15. The zero-order valence-corrected chi connectivity index (χ0v) is 19.0. The predicted molar refractivity (Wildman–Crippen MR) is 124 cm³/mol. The third-order valence-electron chi connectivity index (χ3n) is 4.46. The van der Waals surface area contributed by atoms with Crippen molar-refractivity contribution in [1.29, 1.82) is 0 Å². The molecule has 2 aromatic rings. The van der Waals surface area contributed by atoms with Crippen LogP contribution in [-0.4, -0.2) is 29.6 Å². The van der Waals surface area contributed by atoms with Crippen molar-refractivity contribution in [3.63, 3.8) is 0 Å². The molecule has 0 aliphatic rings. The molecule has 0 heterocycles. The van der Waals surface area contributed by atoms with E-state index in [-0.39, 0.29) is 17.8 Å². The van der Waals surface area contributed by atoms with Crippen LogP contribution in [0.5, 0.6) is 11.5 Å². The van der Waals surface area contributed by atoms with E-state index < -0.39 is 11.8 Å². The maximum Gasteiger partial charge on any atom is 0.276 e. The lowest BCUT2D eigenvalue weighted by Gasteiger charge is -2.16. The van der Waals surface area contributed by atoms with Gasteiger partial charge in [0.1, 0.15) is 11.5 Å². The first-order valence-corrected chi connectivity index (χ1v) is 10.6. The highest BCUT2D eigenvalue weighted by atomic mass is 32.1. The van der Waals surface area contributed by atoms with E-state index in [4.69, 9.17) is 21.7 Å². The van der Waals surface area contributed by atoms with E-state index in [1.165, 1.54) is 0 Å². The smallest absolute Gasteiger partial charge is 0.276 e. The molecule has 7 nitrogen and oxygen atoms in total. The Balaban J connectivity index is 1.84. The van der Waals surface area contributed by atoms with Crippen LogP contribution in [0, 0.1) is 0 Å². The molecule has 0 aliphatic carbocycles. The normalized spacial score (nSPS) is 11.4. The average Bonchev–Trinajstić information content (AvgIpc) is 2.75. The SMILES string of the molecule is CCC(C)c1ccccc1OCC(=O)NNC(=S)NC(=O)c1ccccc1OC(C)C. The summed E-state index contributed by atoms with van der Waals surface area (Å²) in [6.45, 7) is 7.76. The number of ether oxygens (including phenoxy) is 2. The van der Waals surface area contributed by atoms with Gasteiger partial charge in [0, 0.05) is 0 Å². The van der Waals surface area contributed by atoms with E-state index in [0.717, 1.165) is 12.0 Å². The molecule has 0 bridgehead atoms. The van der Waals surface area contributed by atoms with Crippen molar-refractivity contribution in [2.75, 3.05) is 6.61 Å². The van der Waals surface area contributed by atoms with Crippen LogP contribution in [0.25, 0.3) is 0 Å². The maximum atomic E-state index is 12.5. The monoisotopic (exact) mass is 443 g/mol. The standard InChI is InChI=1S/C23H29N3O4S/c1-5-16(4)17-10-6-8-12-19(17)29-14-21(27)25-26-23(31)24-22(28)18-11-7-9-13-20(18)30-15(2)3/h6-13,15-16H,5,14H2,1-4H3,(H,25,27)(H2,24,26,28,31). The van der Waals surface area contributed by atoms with Gasteiger partial charge in [-0.1, -0.05) is 44.2 Å². The van der Waals surface area contributed by atoms with E-state index >= 15 is 0 Å². The molecule has 2 rings (SSSR count). The number of hydrogen-bond donors (Lipinski definition) is 3. The number of thiocarbonyl (C=S) groups is 1. The Labute approximate surface area is 188 Å². The Kier molecular flexibility index (Phi) is 9.27. The van der Waals surface area contributed by atoms with Gasteiger partial charge in [0.2, 0.25) is 0 Å². The number of rotatable bonds is 8. The number of hydrazine groups is 1. The molecule has 1 atom stereocenters. The van der Waals surface area contributed by atoms with Crippen molar-refractivity contribution in [3.05, 3.63) is 59.7 Å². The van der Waals surface area contributed by atoms with E-state index in [2.05, 4.69) is 30.0 Å². The van der Waals surface area contributed by atoms with Crippen molar-refractivity contribution >= 4 is 29.1 Å². The Morgan fingerprint density at radius 1 is 0.968 bits per heavy atom. The summed E-state index contributed by atoms with van der Waals surface area (Å²) in [5.41, 5.74) is 6.32. The number of amides is 2. The van der Waals surface area contributed by atoms with Gasteiger partial charge in [-0.25, -0.2) is 0 Å². The van der Waals surface area contributed by atoms with E-state index in [1.54, 1.807) is 24.3 Å². The van der Waals surface area contributed by atoms with Crippen LogP contribution in [0.2, 0.25) is 0 Å². The first kappa shape index (κ1) is 24.1. The van der Waals surface area contributed by atoms with E-state index in [0.29, 0.717) is 23.0 Å². The first-order valence-electron chi connectivity index (χ1n) is 10.2. The van der Waals surface area contributed by atoms with E-state index in [1.807, 2.05) is 38.1 Å². The van der Waals surface area contributed by atoms with Gasteiger partial charge in [-0.2, -0.15) is 0 Å². The number of nitrogens with one attached hydrogen (secondary N) is 3. The van der Waals surface area contributed by atoms with Crippen molar-refractivity contribution < 1.29 is 19.1 Å². The second-order valence-corrected chi connectivity index (χ2v) is 7.66. The molecule has 0 aliphatic heterocycles. The molecule has 0 aromatic heterocycles. The summed E-state index contributed by atoms with van der Waals surface area (Å²) in [6, 6.07) is 14.5. The largest absolute Gasteiger partial charge is 0.490 e. The summed E-state index contributed by atoms with van der Waals surface area (Å²) in [4.78, 5) is 24.6. The van der Waals surface area contributed by atoms with Gasteiger partial charge in [-0.05, 0) is 62.2 Å². The third-order valence-corrected chi connectivity index (χ3v) is 4.66. The van der Waals surface area contributed by atoms with Gasteiger partial charge >= 0.3 is 0 Å². The van der Waals surface area contributed by atoms with Crippen LogP contribution in [-0.2, 0) is 4.79 Å². The van der Waals surface area contributed by atoms with Crippen molar-refractivity contribution in [2.45, 2.75) is 46.1 Å². The number of carbonyl (C=O) groups is 2. The number of carbonyl (C=O) groups excluding carboxylic acids is 2. The van der Waals surface area contributed by atoms with Crippen LogP contribution in [0.1, 0.15) is 56.0 Å². The highest BCUT2D eigenvalue weighted by molar-refractivity contribution is 7.80. The van der Waals surface area contributed by atoms with Gasteiger partial charge in [0.25, 0.3) is 11.8 Å². The molecular weight excluding hydrogens is 414 g/mol. The first-order chi connectivity index (χ1) is 14.8. The van der Waals surface area contributed by atoms with Gasteiger partial charge < -0.3 is 9.47 Å².